The fourth-order valence-corrected chi connectivity index (χ4v) is 3.55. The van der Waals surface area contributed by atoms with E-state index in [-0.39, 0.29) is 29.7 Å². The molecule has 0 bridgehead atoms. The van der Waals surface area contributed by atoms with Crippen molar-refractivity contribution >= 4 is 29.3 Å². The highest BCUT2D eigenvalue weighted by Gasteiger charge is 2.29. The van der Waals surface area contributed by atoms with Crippen molar-refractivity contribution in [3.05, 3.63) is 42.1 Å². The molecule has 2 atom stereocenters. The monoisotopic (exact) mass is 487 g/mol. The molecule has 1 aliphatic rings. The molecule has 184 valence electrons. The molecule has 4 heterocycles. The van der Waals surface area contributed by atoms with Gasteiger partial charge in [-0.3, -0.25) is 4.79 Å². The van der Waals surface area contributed by atoms with Crippen LogP contribution < -0.4 is 26.4 Å². The number of amides is 2. The summed E-state index contributed by atoms with van der Waals surface area (Å²) in [6, 6.07) is 1.41. The van der Waals surface area contributed by atoms with E-state index in [4.69, 9.17) is 20.3 Å². The molecule has 1 aliphatic heterocycles. The number of hydrogen-bond donors (Lipinski definition) is 5. The molecule has 3 aromatic heterocycles. The Morgan fingerprint density at radius 3 is 2.71 bits per heavy atom. The summed E-state index contributed by atoms with van der Waals surface area (Å²) < 4.78 is 25.4. The fraction of sp³-hybridized carbons (Fsp3) is 0.300. The van der Waals surface area contributed by atoms with Crippen LogP contribution in [0.25, 0.3) is 5.69 Å². The number of rotatable bonds is 8. The van der Waals surface area contributed by atoms with Gasteiger partial charge in [-0.2, -0.15) is 10.2 Å². The molecule has 0 aliphatic carbocycles. The second kappa shape index (κ2) is 10.2. The van der Waals surface area contributed by atoms with E-state index in [1.54, 1.807) is 6.07 Å². The molecule has 15 heteroatoms. The minimum Gasteiger partial charge on any atom is -0.479 e. The predicted octanol–water partition coefficient (Wildman–Crippen LogP) is 0.884. The maximum absolute atomic E-state index is 14.8. The van der Waals surface area contributed by atoms with E-state index >= 15 is 0 Å². The fourth-order valence-electron chi connectivity index (χ4n) is 3.55. The van der Waals surface area contributed by atoms with Crippen molar-refractivity contribution in [1.82, 2.24) is 30.3 Å². The number of nitrogens with one attached hydrogen (secondary N) is 3. The maximum atomic E-state index is 14.8. The number of hydrogen-bond acceptors (Lipinski definition) is 10. The lowest BCUT2D eigenvalue weighted by molar-refractivity contribution is 0.0625. The van der Waals surface area contributed by atoms with Crippen LogP contribution in [0.15, 0.2) is 30.7 Å². The summed E-state index contributed by atoms with van der Waals surface area (Å²) in [6.45, 7) is 0.459. The first-order chi connectivity index (χ1) is 16.9. The van der Waals surface area contributed by atoms with Gasteiger partial charge in [0, 0.05) is 6.61 Å². The number of carboxylic acid groups (broad SMARTS) is 1. The lowest BCUT2D eigenvalue weighted by atomic mass is 10.0. The molecule has 0 unspecified atom stereocenters. The first-order valence-electron chi connectivity index (χ1n) is 10.4. The van der Waals surface area contributed by atoms with Gasteiger partial charge in [-0.05, 0) is 18.6 Å². The van der Waals surface area contributed by atoms with Gasteiger partial charge >= 0.3 is 6.09 Å². The number of ether oxygens (including phenoxy) is 2. The van der Waals surface area contributed by atoms with Crippen molar-refractivity contribution in [2.24, 2.45) is 5.73 Å². The average Bonchev–Trinajstić information content (AvgIpc) is 3.36. The van der Waals surface area contributed by atoms with E-state index in [0.29, 0.717) is 24.4 Å². The lowest BCUT2D eigenvalue weighted by Gasteiger charge is -2.32. The van der Waals surface area contributed by atoms with Crippen molar-refractivity contribution in [3.8, 4) is 11.6 Å². The van der Waals surface area contributed by atoms with Crippen LogP contribution in [-0.2, 0) is 4.74 Å². The van der Waals surface area contributed by atoms with Gasteiger partial charge in [0.25, 0.3) is 5.91 Å². The summed E-state index contributed by atoms with van der Waals surface area (Å²) in [5.41, 5.74) is 6.00. The quantitative estimate of drug-likeness (QED) is 0.303. The van der Waals surface area contributed by atoms with Gasteiger partial charge in [0.1, 0.15) is 11.5 Å². The van der Waals surface area contributed by atoms with Gasteiger partial charge < -0.3 is 36.3 Å². The number of anilines is 3. The number of halogens is 1. The number of carbonyl (C=O) groups excluding carboxylic acids is 1. The molecule has 35 heavy (non-hydrogen) atoms. The Hall–Kier alpha value is -4.53. The zero-order chi connectivity index (χ0) is 24.9. The Labute approximate surface area is 197 Å². The van der Waals surface area contributed by atoms with E-state index < -0.39 is 29.9 Å². The van der Waals surface area contributed by atoms with Crippen molar-refractivity contribution in [2.45, 2.75) is 18.5 Å². The minimum atomic E-state index is -1.23. The van der Waals surface area contributed by atoms with Crippen molar-refractivity contribution in [2.75, 3.05) is 31.0 Å². The van der Waals surface area contributed by atoms with E-state index in [1.807, 2.05) is 0 Å². The van der Waals surface area contributed by atoms with E-state index in [9.17, 15) is 14.0 Å². The van der Waals surface area contributed by atoms with Crippen LogP contribution in [0.4, 0.5) is 26.5 Å². The van der Waals surface area contributed by atoms with Gasteiger partial charge in [-0.1, -0.05) is 0 Å². The summed E-state index contributed by atoms with van der Waals surface area (Å²) >= 11 is 0. The Balaban J connectivity index is 1.66. The molecule has 3 aromatic rings. The van der Waals surface area contributed by atoms with Crippen molar-refractivity contribution < 1.29 is 28.6 Å². The Kier molecular flexibility index (Phi) is 6.86. The largest absolute Gasteiger partial charge is 0.479 e. The molecule has 2 amide bonds. The molecule has 0 saturated carbocycles. The first kappa shape index (κ1) is 23.6. The number of aromatic nitrogens is 5. The van der Waals surface area contributed by atoms with Gasteiger partial charge in [0.2, 0.25) is 5.88 Å². The van der Waals surface area contributed by atoms with Crippen molar-refractivity contribution in [3.63, 3.8) is 0 Å². The Morgan fingerprint density at radius 1 is 1.26 bits per heavy atom. The van der Waals surface area contributed by atoms with E-state index in [0.717, 1.165) is 6.07 Å². The highest BCUT2D eigenvalue weighted by atomic mass is 19.1. The zero-order valence-electron chi connectivity index (χ0n) is 18.4. The van der Waals surface area contributed by atoms with Crippen LogP contribution in [0, 0.1) is 5.82 Å². The summed E-state index contributed by atoms with van der Waals surface area (Å²) in [5, 5.41) is 25.3. The first-order valence-corrected chi connectivity index (χ1v) is 10.4. The van der Waals surface area contributed by atoms with Crippen LogP contribution in [-0.4, -0.2) is 74.5 Å². The summed E-state index contributed by atoms with van der Waals surface area (Å²) in [4.78, 5) is 32.8. The average molecular weight is 487 g/mol. The van der Waals surface area contributed by atoms with Crippen LogP contribution in [0.3, 0.4) is 0 Å². The normalized spacial score (nSPS) is 17.4. The highest BCUT2D eigenvalue weighted by molar-refractivity contribution is 5.98. The number of nitrogens with two attached hydrogens (primary N) is 1. The van der Waals surface area contributed by atoms with E-state index in [1.165, 1.54) is 30.5 Å². The van der Waals surface area contributed by atoms with Crippen molar-refractivity contribution in [1.29, 1.82) is 0 Å². The summed E-state index contributed by atoms with van der Waals surface area (Å²) in [7, 11) is 1.44. The van der Waals surface area contributed by atoms with E-state index in [2.05, 4.69) is 36.1 Å². The molecule has 0 spiro atoms. The second-order valence-electron chi connectivity index (χ2n) is 7.45. The van der Waals surface area contributed by atoms with Gasteiger partial charge in [-0.25, -0.2) is 19.2 Å². The molecule has 14 nitrogen and oxygen atoms in total. The molecular weight excluding hydrogens is 465 g/mol. The molecule has 4 rings (SSSR count). The van der Waals surface area contributed by atoms with Crippen LogP contribution in [0.5, 0.6) is 5.88 Å². The van der Waals surface area contributed by atoms with Gasteiger partial charge in [-0.15, -0.1) is 4.80 Å². The third-order valence-electron chi connectivity index (χ3n) is 5.15. The number of primary amides is 1. The highest BCUT2D eigenvalue weighted by Crippen LogP contribution is 2.28. The smallest absolute Gasteiger partial charge is 0.405 e. The minimum absolute atomic E-state index is 0.0393. The Morgan fingerprint density at radius 2 is 2.03 bits per heavy atom. The molecular formula is C20H22FN9O5. The van der Waals surface area contributed by atoms with Gasteiger partial charge in [0.15, 0.2) is 11.6 Å². The third kappa shape index (κ3) is 5.35. The zero-order valence-corrected chi connectivity index (χ0v) is 18.4. The second-order valence-corrected chi connectivity index (χ2v) is 7.45. The van der Waals surface area contributed by atoms with Crippen LogP contribution in [0.1, 0.15) is 16.8 Å². The number of pyridine rings is 2. The number of methoxy groups -OCH3 is 1. The summed E-state index contributed by atoms with van der Waals surface area (Å²) in [6.07, 6.45) is 3.54. The number of nitrogens with zero attached hydrogens (tertiary/aromatic N) is 5. The molecule has 1 saturated heterocycles. The molecule has 1 fully saturated rings. The summed E-state index contributed by atoms with van der Waals surface area (Å²) in [5.74, 6) is -1.73. The SMILES string of the molecule is COc1ncc(Nc2nc(N[C@@H]3CCOC[C@@H]3NC(=O)O)c(F)cc2C(N)=O)cc1-n1nccn1. The molecule has 0 radical (unpaired) electrons. The third-order valence-corrected chi connectivity index (χ3v) is 5.15. The molecule has 6 N–H and O–H groups in total. The maximum Gasteiger partial charge on any atom is 0.405 e. The van der Waals surface area contributed by atoms with Crippen LogP contribution >= 0.6 is 0 Å². The van der Waals surface area contributed by atoms with Crippen LogP contribution in [0.2, 0.25) is 0 Å². The lowest BCUT2D eigenvalue weighted by Crippen LogP contribution is -2.52. The van der Waals surface area contributed by atoms with Gasteiger partial charge in [0.05, 0.1) is 55.6 Å². The predicted molar refractivity (Wildman–Crippen MR) is 119 cm³/mol. The molecule has 0 aromatic carbocycles. The standard InChI is InChI=1S/C20H22FN9O5/c1-34-19-15(30-24-3-4-25-30)6-10(8-23-19)26-17-11(16(22)31)7-12(21)18(29-17)27-13-2-5-35-9-14(13)28-20(32)33/h3-4,6-8,13-14,28H,2,5,9H2,1H3,(H2,22,31)(H,32,33)(H2,26,27,29)/t13-,14+/m1/s1. The number of carbonyl (C=O) groups is 2. The Bertz CT molecular complexity index is 1220. The topological polar surface area (TPSA) is 191 Å².